The molecule has 0 bridgehead atoms. The number of anilines is 1. The zero-order valence-corrected chi connectivity index (χ0v) is 22.4. The molecule has 1 aliphatic carbocycles. The van der Waals surface area contributed by atoms with Gasteiger partial charge in [-0.25, -0.2) is 9.80 Å². The van der Waals surface area contributed by atoms with Crippen molar-refractivity contribution in [3.05, 3.63) is 107 Å². The van der Waals surface area contributed by atoms with Crippen molar-refractivity contribution in [2.75, 3.05) is 18.5 Å². The Bertz CT molecular complexity index is 1350. The normalized spacial score (nSPS) is 19.4. The first kappa shape index (κ1) is 26.4. The molecule has 0 unspecified atom stereocenters. The van der Waals surface area contributed by atoms with Crippen molar-refractivity contribution in [2.45, 2.75) is 45.1 Å². The number of allylic oxidation sites excluding steroid dienone is 1. The number of benzene rings is 3. The lowest BCUT2D eigenvalue weighted by molar-refractivity contribution is -0.137. The molecule has 1 aliphatic heterocycles. The number of hydrazone groups is 1. The van der Waals surface area contributed by atoms with Gasteiger partial charge in [-0.15, -0.1) is 0 Å². The van der Waals surface area contributed by atoms with Crippen molar-refractivity contribution in [3.8, 4) is 0 Å². The molecule has 200 valence electrons. The van der Waals surface area contributed by atoms with E-state index in [1.54, 1.807) is 17.1 Å². The average molecular weight is 522 g/mol. The molecule has 1 amide bonds. The fourth-order valence-electron chi connectivity index (χ4n) is 5.43. The van der Waals surface area contributed by atoms with E-state index < -0.39 is 5.97 Å². The van der Waals surface area contributed by atoms with Crippen LogP contribution in [-0.4, -0.2) is 35.7 Å². The molecule has 39 heavy (non-hydrogen) atoms. The summed E-state index contributed by atoms with van der Waals surface area (Å²) in [4.78, 5) is 26.6. The predicted octanol–water partition coefficient (Wildman–Crippen LogP) is 6.88. The lowest BCUT2D eigenvalue weighted by Crippen LogP contribution is -2.34. The monoisotopic (exact) mass is 521 g/mol. The van der Waals surface area contributed by atoms with Gasteiger partial charge in [0.1, 0.15) is 0 Å². The number of carbonyl (C=O) groups is 2. The molecule has 3 aromatic rings. The molecule has 3 aromatic carbocycles. The molecule has 1 fully saturated rings. The maximum atomic E-state index is 13.6. The Morgan fingerprint density at radius 1 is 1.00 bits per heavy atom. The van der Waals surface area contributed by atoms with E-state index in [1.807, 2.05) is 60.7 Å². The Morgan fingerprint density at radius 3 is 2.49 bits per heavy atom. The summed E-state index contributed by atoms with van der Waals surface area (Å²) in [6, 6.07) is 27.3. The molecular weight excluding hydrogens is 486 g/mol. The van der Waals surface area contributed by atoms with Gasteiger partial charge in [0.05, 0.1) is 17.3 Å². The number of esters is 1. The molecule has 1 heterocycles. The molecule has 0 saturated heterocycles. The number of hydrogen-bond acceptors (Lipinski definition) is 5. The number of para-hydroxylation sites is 1. The first-order valence-corrected chi connectivity index (χ1v) is 13.9. The zero-order chi connectivity index (χ0) is 27.0. The van der Waals surface area contributed by atoms with Crippen LogP contribution in [0, 0.1) is 5.92 Å². The van der Waals surface area contributed by atoms with Crippen molar-refractivity contribution < 1.29 is 14.3 Å². The number of carbonyl (C=O) groups excluding carboxylic acids is 2. The molecule has 1 saturated carbocycles. The number of nitrogens with one attached hydrogen (secondary N) is 1. The number of amides is 1. The van der Waals surface area contributed by atoms with Gasteiger partial charge in [-0.2, -0.15) is 5.10 Å². The van der Waals surface area contributed by atoms with Crippen LogP contribution in [0.25, 0.3) is 6.08 Å². The smallest absolute Gasteiger partial charge is 0.340 e. The minimum absolute atomic E-state index is 0.0965. The van der Waals surface area contributed by atoms with Crippen LogP contribution in [0.3, 0.4) is 0 Å². The second-order valence-electron chi connectivity index (χ2n) is 10.1. The maximum Gasteiger partial charge on any atom is 0.340 e. The van der Waals surface area contributed by atoms with Gasteiger partial charge in [0.2, 0.25) is 0 Å². The highest BCUT2D eigenvalue weighted by atomic mass is 16.5. The summed E-state index contributed by atoms with van der Waals surface area (Å²) in [5.74, 6) is -0.748. The summed E-state index contributed by atoms with van der Waals surface area (Å²) >= 11 is 0. The van der Waals surface area contributed by atoms with E-state index in [9.17, 15) is 9.59 Å². The molecule has 6 heteroatoms. The van der Waals surface area contributed by atoms with E-state index in [1.165, 1.54) is 0 Å². The first-order valence-electron chi connectivity index (χ1n) is 13.9. The molecule has 2 aliphatic rings. The number of unbranched alkanes of at least 4 members (excludes halogenated alkanes) is 1. The molecular formula is C33H35N3O3. The standard InChI is InChI=1S/C33H35N3O3/c1-2-3-21-34-29-20-11-10-18-27(29)33(38)39-23-30(37)36-32(25-15-8-5-9-16-25)28-19-12-17-26(31(28)35-36)22-24-13-6-4-7-14-24/h4-11,13-16,18,20,22,28,32,34H,2-3,12,17,19,21,23H2,1H3/b26-22+/t28-,32-/m0/s1. The minimum atomic E-state index is -0.520. The third-order valence-corrected chi connectivity index (χ3v) is 7.36. The van der Waals surface area contributed by atoms with Crippen molar-refractivity contribution in [1.29, 1.82) is 0 Å². The quantitative estimate of drug-likeness (QED) is 0.246. The summed E-state index contributed by atoms with van der Waals surface area (Å²) < 4.78 is 5.56. The number of fused-ring (bicyclic) bond motifs is 1. The highest BCUT2D eigenvalue weighted by Crippen LogP contribution is 2.44. The van der Waals surface area contributed by atoms with Gasteiger partial charge in [0, 0.05) is 18.2 Å². The first-order chi connectivity index (χ1) is 19.2. The largest absolute Gasteiger partial charge is 0.452 e. The third-order valence-electron chi connectivity index (χ3n) is 7.36. The van der Waals surface area contributed by atoms with Crippen LogP contribution in [0.4, 0.5) is 5.69 Å². The van der Waals surface area contributed by atoms with Crippen molar-refractivity contribution in [1.82, 2.24) is 5.01 Å². The fraction of sp³-hybridized carbons (Fsp3) is 0.303. The lowest BCUT2D eigenvalue weighted by Gasteiger charge is -2.29. The Labute approximate surface area is 230 Å². The highest BCUT2D eigenvalue weighted by Gasteiger charge is 2.43. The van der Waals surface area contributed by atoms with E-state index in [0.29, 0.717) is 11.3 Å². The molecule has 1 N–H and O–H groups in total. The fourth-order valence-corrected chi connectivity index (χ4v) is 5.43. The SMILES string of the molecule is CCCCNc1ccccc1C(=O)OCC(=O)N1N=C2/C(=C/c3ccccc3)CCC[C@@H]2[C@@H]1c1ccccc1. The summed E-state index contributed by atoms with van der Waals surface area (Å²) in [6.45, 7) is 2.52. The van der Waals surface area contributed by atoms with E-state index in [-0.39, 0.29) is 24.5 Å². The van der Waals surface area contributed by atoms with Crippen LogP contribution in [0.2, 0.25) is 0 Å². The van der Waals surface area contributed by atoms with Crippen LogP contribution >= 0.6 is 0 Å². The molecule has 0 aromatic heterocycles. The van der Waals surface area contributed by atoms with Crippen LogP contribution in [0.15, 0.2) is 95.6 Å². The Morgan fingerprint density at radius 2 is 1.72 bits per heavy atom. The topological polar surface area (TPSA) is 71.0 Å². The summed E-state index contributed by atoms with van der Waals surface area (Å²) in [7, 11) is 0. The van der Waals surface area contributed by atoms with Crippen molar-refractivity contribution in [2.24, 2.45) is 11.0 Å². The molecule has 0 spiro atoms. The van der Waals surface area contributed by atoms with Gasteiger partial charge in [-0.05, 0) is 60.6 Å². The van der Waals surface area contributed by atoms with E-state index in [4.69, 9.17) is 9.84 Å². The lowest BCUT2D eigenvalue weighted by atomic mass is 9.77. The third kappa shape index (κ3) is 6.11. The molecule has 2 atom stereocenters. The van der Waals surface area contributed by atoms with Gasteiger partial charge < -0.3 is 10.1 Å². The predicted molar refractivity (Wildman–Crippen MR) is 155 cm³/mol. The Balaban J connectivity index is 1.37. The summed E-state index contributed by atoms with van der Waals surface area (Å²) in [5, 5.41) is 9.75. The zero-order valence-electron chi connectivity index (χ0n) is 22.4. The minimum Gasteiger partial charge on any atom is -0.452 e. The number of rotatable bonds is 9. The van der Waals surface area contributed by atoms with Gasteiger partial charge in [-0.3, -0.25) is 4.79 Å². The average Bonchev–Trinajstić information content (AvgIpc) is 3.38. The van der Waals surface area contributed by atoms with E-state index in [0.717, 1.165) is 61.1 Å². The van der Waals surface area contributed by atoms with Crippen LogP contribution in [-0.2, 0) is 9.53 Å². The second-order valence-corrected chi connectivity index (χ2v) is 10.1. The van der Waals surface area contributed by atoms with Crippen LogP contribution < -0.4 is 5.32 Å². The van der Waals surface area contributed by atoms with Crippen LogP contribution in [0.5, 0.6) is 0 Å². The molecule has 5 rings (SSSR count). The second kappa shape index (κ2) is 12.6. The van der Waals surface area contributed by atoms with Gasteiger partial charge in [0.25, 0.3) is 5.91 Å². The van der Waals surface area contributed by atoms with Crippen LogP contribution in [0.1, 0.15) is 66.6 Å². The number of ether oxygens (including phenoxy) is 1. The van der Waals surface area contributed by atoms with Gasteiger partial charge in [0.15, 0.2) is 6.61 Å². The molecule has 6 nitrogen and oxygen atoms in total. The van der Waals surface area contributed by atoms with Gasteiger partial charge in [-0.1, -0.05) is 86.1 Å². The Hall–Kier alpha value is -4.19. The van der Waals surface area contributed by atoms with Crippen molar-refractivity contribution >= 4 is 29.4 Å². The summed E-state index contributed by atoms with van der Waals surface area (Å²) in [6.07, 6.45) is 7.14. The maximum absolute atomic E-state index is 13.6. The summed E-state index contributed by atoms with van der Waals surface area (Å²) in [5.41, 5.74) is 5.43. The van der Waals surface area contributed by atoms with Gasteiger partial charge >= 0.3 is 5.97 Å². The number of nitrogens with zero attached hydrogens (tertiary/aromatic N) is 2. The highest BCUT2D eigenvalue weighted by molar-refractivity contribution is 6.08. The Kier molecular flexibility index (Phi) is 8.51. The van der Waals surface area contributed by atoms with Crippen molar-refractivity contribution in [3.63, 3.8) is 0 Å². The van der Waals surface area contributed by atoms with E-state index >= 15 is 0 Å². The number of hydrogen-bond donors (Lipinski definition) is 1. The molecule has 0 radical (unpaired) electrons. The van der Waals surface area contributed by atoms with E-state index in [2.05, 4.69) is 30.4 Å².